The summed E-state index contributed by atoms with van der Waals surface area (Å²) in [7, 11) is 0. The van der Waals surface area contributed by atoms with Crippen molar-refractivity contribution in [1.29, 1.82) is 0 Å². The van der Waals surface area contributed by atoms with Gasteiger partial charge in [0.1, 0.15) is 30.5 Å². The average Bonchev–Trinajstić information content (AvgIpc) is 2.35. The maximum absolute atomic E-state index is 9.56. The molecular weight excluding hydrogens is 236 g/mol. The molecule has 0 saturated carbocycles. The van der Waals surface area contributed by atoms with Crippen molar-refractivity contribution in [3.05, 3.63) is 0 Å². The molecule has 0 aromatic rings. The van der Waals surface area contributed by atoms with Crippen LogP contribution in [0, 0.1) is 0 Å². The van der Waals surface area contributed by atoms with Gasteiger partial charge in [-0.25, -0.2) is 0 Å². The summed E-state index contributed by atoms with van der Waals surface area (Å²) in [4.78, 5) is 0. The van der Waals surface area contributed by atoms with Crippen molar-refractivity contribution in [2.24, 2.45) is 0 Å². The molecule has 1 fully saturated rings. The summed E-state index contributed by atoms with van der Waals surface area (Å²) in [6, 6.07) is 0. The van der Waals surface area contributed by atoms with Crippen LogP contribution in [0.15, 0.2) is 0 Å². The largest absolute Gasteiger partial charge is 0.394 e. The monoisotopic (exact) mass is 254 g/mol. The molecule has 0 radical (unpaired) electrons. The van der Waals surface area contributed by atoms with Crippen LogP contribution in [-0.2, 0) is 9.47 Å². The second-order valence-electron chi connectivity index (χ2n) is 3.82. The van der Waals surface area contributed by atoms with Gasteiger partial charge in [-0.05, 0) is 0 Å². The smallest absolute Gasteiger partial charge is 0.187 e. The predicted octanol–water partition coefficient (Wildman–Crippen LogP) is -3.84. The molecule has 6 N–H and O–H groups in total. The predicted molar refractivity (Wildman–Crippen MR) is 52.8 cm³/mol. The summed E-state index contributed by atoms with van der Waals surface area (Å²) in [6.07, 6.45) is -7.92. The molecule has 8 heteroatoms. The van der Waals surface area contributed by atoms with Crippen molar-refractivity contribution in [3.8, 4) is 0 Å². The highest BCUT2D eigenvalue weighted by atomic mass is 16.7. The zero-order valence-corrected chi connectivity index (χ0v) is 9.09. The van der Waals surface area contributed by atoms with Crippen LogP contribution in [0.4, 0.5) is 0 Å². The number of ether oxygens (including phenoxy) is 2. The normalized spacial score (nSPS) is 38.6. The zero-order chi connectivity index (χ0) is 13.0. The fraction of sp³-hybridized carbons (Fsp3) is 1.00. The fourth-order valence-corrected chi connectivity index (χ4v) is 1.51. The number of aliphatic hydroxyl groups excluding tert-OH is 6. The maximum Gasteiger partial charge on any atom is 0.187 e. The molecule has 0 aromatic carbocycles. The van der Waals surface area contributed by atoms with Gasteiger partial charge in [-0.2, -0.15) is 0 Å². The van der Waals surface area contributed by atoms with Gasteiger partial charge in [0.05, 0.1) is 19.8 Å². The number of hydrogen-bond acceptors (Lipinski definition) is 8. The summed E-state index contributed by atoms with van der Waals surface area (Å²) in [5.74, 6) is 0. The second kappa shape index (κ2) is 6.57. The highest BCUT2D eigenvalue weighted by Crippen LogP contribution is 2.22. The summed E-state index contributed by atoms with van der Waals surface area (Å²) < 4.78 is 10.0. The van der Waals surface area contributed by atoms with E-state index in [1.807, 2.05) is 0 Å². The van der Waals surface area contributed by atoms with Crippen molar-refractivity contribution < 1.29 is 40.1 Å². The molecule has 1 heterocycles. The minimum Gasteiger partial charge on any atom is -0.394 e. The van der Waals surface area contributed by atoms with E-state index >= 15 is 0 Å². The lowest BCUT2D eigenvalue weighted by molar-refractivity contribution is -0.315. The first kappa shape index (κ1) is 14.7. The molecule has 0 spiro atoms. The average molecular weight is 254 g/mol. The molecule has 1 aliphatic heterocycles. The molecule has 17 heavy (non-hydrogen) atoms. The first-order valence-electron chi connectivity index (χ1n) is 5.22. The summed E-state index contributed by atoms with van der Waals surface area (Å²) in [6.45, 7) is -1.55. The van der Waals surface area contributed by atoms with Gasteiger partial charge in [-0.15, -0.1) is 0 Å². The molecule has 0 amide bonds. The lowest BCUT2D eigenvalue weighted by atomic mass is 9.99. The van der Waals surface area contributed by atoms with Gasteiger partial charge < -0.3 is 40.1 Å². The number of aliphatic hydroxyl groups is 6. The van der Waals surface area contributed by atoms with Gasteiger partial charge >= 0.3 is 0 Å². The van der Waals surface area contributed by atoms with E-state index in [4.69, 9.17) is 24.8 Å². The van der Waals surface area contributed by atoms with Crippen LogP contribution < -0.4 is 0 Å². The molecule has 102 valence electrons. The van der Waals surface area contributed by atoms with Crippen LogP contribution in [0.2, 0.25) is 0 Å². The SMILES string of the molecule is OCC(CO)O[C@H]1O[C@H](CO)[C@@H](O)[C@H](O)[C@H]1O. The van der Waals surface area contributed by atoms with Crippen molar-refractivity contribution in [2.75, 3.05) is 19.8 Å². The third-order valence-corrected chi connectivity index (χ3v) is 2.58. The van der Waals surface area contributed by atoms with Gasteiger partial charge in [0.25, 0.3) is 0 Å². The minimum absolute atomic E-state index is 0.495. The van der Waals surface area contributed by atoms with Gasteiger partial charge in [-0.1, -0.05) is 0 Å². The van der Waals surface area contributed by atoms with Crippen LogP contribution in [0.5, 0.6) is 0 Å². The fourth-order valence-electron chi connectivity index (χ4n) is 1.51. The van der Waals surface area contributed by atoms with E-state index in [1.165, 1.54) is 0 Å². The standard InChI is InChI=1S/C9H18O8/c10-1-4(2-11)16-9-8(15)7(14)6(13)5(3-12)17-9/h4-15H,1-3H2/t5-,6-,7+,8-,9+/m1/s1. The first-order chi connectivity index (χ1) is 8.04. The Morgan fingerprint density at radius 2 is 1.53 bits per heavy atom. The number of hydrogen-bond donors (Lipinski definition) is 6. The molecule has 1 saturated heterocycles. The number of rotatable bonds is 5. The Kier molecular flexibility index (Phi) is 5.70. The molecule has 0 bridgehead atoms. The van der Waals surface area contributed by atoms with E-state index in [0.29, 0.717) is 0 Å². The molecule has 1 rings (SSSR count). The maximum atomic E-state index is 9.56. The van der Waals surface area contributed by atoms with E-state index in [9.17, 15) is 15.3 Å². The van der Waals surface area contributed by atoms with Crippen molar-refractivity contribution >= 4 is 0 Å². The Labute approximate surface area is 97.6 Å². The quantitative estimate of drug-likeness (QED) is 0.293. The Hall–Kier alpha value is -0.320. The third-order valence-electron chi connectivity index (χ3n) is 2.58. The third kappa shape index (κ3) is 3.33. The highest BCUT2D eigenvalue weighted by Gasteiger charge is 2.44. The van der Waals surface area contributed by atoms with Crippen LogP contribution in [-0.4, -0.2) is 87.3 Å². The first-order valence-corrected chi connectivity index (χ1v) is 5.22. The zero-order valence-electron chi connectivity index (χ0n) is 9.09. The van der Waals surface area contributed by atoms with E-state index < -0.39 is 56.6 Å². The van der Waals surface area contributed by atoms with E-state index in [2.05, 4.69) is 0 Å². The molecule has 1 aliphatic rings. The van der Waals surface area contributed by atoms with Gasteiger partial charge in [0, 0.05) is 0 Å². The second-order valence-corrected chi connectivity index (χ2v) is 3.82. The molecular formula is C9H18O8. The van der Waals surface area contributed by atoms with Crippen LogP contribution in [0.3, 0.4) is 0 Å². The Morgan fingerprint density at radius 3 is 2.00 bits per heavy atom. The molecule has 8 nitrogen and oxygen atoms in total. The van der Waals surface area contributed by atoms with E-state index in [-0.39, 0.29) is 0 Å². The molecule has 5 atom stereocenters. The van der Waals surface area contributed by atoms with Gasteiger partial charge in [-0.3, -0.25) is 0 Å². The lowest BCUT2D eigenvalue weighted by Gasteiger charge is -2.40. The van der Waals surface area contributed by atoms with Gasteiger partial charge in [0.2, 0.25) is 0 Å². The van der Waals surface area contributed by atoms with E-state index in [1.54, 1.807) is 0 Å². The summed E-state index contributed by atoms with van der Waals surface area (Å²) in [5, 5.41) is 55.0. The van der Waals surface area contributed by atoms with Crippen molar-refractivity contribution in [3.63, 3.8) is 0 Å². The lowest BCUT2D eigenvalue weighted by Crippen LogP contribution is -2.60. The molecule has 0 unspecified atom stereocenters. The van der Waals surface area contributed by atoms with E-state index in [0.717, 1.165) is 0 Å². The Bertz CT molecular complexity index is 217. The van der Waals surface area contributed by atoms with Crippen molar-refractivity contribution in [1.82, 2.24) is 0 Å². The van der Waals surface area contributed by atoms with Crippen LogP contribution in [0.25, 0.3) is 0 Å². The molecule has 0 aromatic heterocycles. The van der Waals surface area contributed by atoms with Crippen molar-refractivity contribution in [2.45, 2.75) is 36.8 Å². The Balaban J connectivity index is 2.65. The van der Waals surface area contributed by atoms with Crippen LogP contribution >= 0.6 is 0 Å². The Morgan fingerprint density at radius 1 is 0.941 bits per heavy atom. The summed E-state index contributed by atoms with van der Waals surface area (Å²) in [5.41, 5.74) is 0. The van der Waals surface area contributed by atoms with Gasteiger partial charge in [0.15, 0.2) is 6.29 Å². The summed E-state index contributed by atoms with van der Waals surface area (Å²) >= 11 is 0. The topological polar surface area (TPSA) is 140 Å². The van der Waals surface area contributed by atoms with Crippen LogP contribution in [0.1, 0.15) is 0 Å². The minimum atomic E-state index is -1.54. The molecule has 0 aliphatic carbocycles. The highest BCUT2D eigenvalue weighted by molar-refractivity contribution is 4.89.